The minimum atomic E-state index is -1.26. The first kappa shape index (κ1) is 14.9. The number of fused-ring (bicyclic) bond motifs is 1. The molecule has 0 aliphatic rings. The lowest BCUT2D eigenvalue weighted by Crippen LogP contribution is -2.16. The maximum absolute atomic E-state index is 11.0. The average Bonchev–Trinajstić information content (AvgIpc) is 2.75. The van der Waals surface area contributed by atoms with Crippen LogP contribution in [-0.2, 0) is 16.6 Å². The van der Waals surface area contributed by atoms with Gasteiger partial charge in [-0.25, -0.2) is 4.79 Å². The molecule has 0 saturated heterocycles. The molecule has 21 heavy (non-hydrogen) atoms. The third kappa shape index (κ3) is 3.54. The molecule has 0 amide bonds. The molecular weight excluding hydrogens is 294 g/mol. The highest BCUT2D eigenvalue weighted by atomic mass is 32.1. The van der Waals surface area contributed by atoms with Crippen molar-refractivity contribution in [3.8, 4) is 0 Å². The molecule has 0 fully saturated rings. The van der Waals surface area contributed by atoms with Gasteiger partial charge in [-0.1, -0.05) is 23.5 Å². The Morgan fingerprint density at radius 1 is 1.24 bits per heavy atom. The maximum atomic E-state index is 11.0. The van der Waals surface area contributed by atoms with Gasteiger partial charge < -0.3 is 14.8 Å². The molecule has 1 aromatic heterocycles. The van der Waals surface area contributed by atoms with E-state index in [0.29, 0.717) is 4.80 Å². The van der Waals surface area contributed by atoms with Gasteiger partial charge in [-0.3, -0.25) is 4.79 Å². The Labute approximate surface area is 123 Å². The first-order chi connectivity index (χ1) is 9.99. The third-order valence-electron chi connectivity index (χ3n) is 2.79. The van der Waals surface area contributed by atoms with E-state index in [1.807, 2.05) is 31.3 Å². The van der Waals surface area contributed by atoms with Crippen LogP contribution >= 0.6 is 11.3 Å². The second-order valence-corrected chi connectivity index (χ2v) is 5.27. The van der Waals surface area contributed by atoms with Crippen molar-refractivity contribution >= 4 is 39.2 Å². The summed E-state index contributed by atoms with van der Waals surface area (Å²) < 4.78 is 2.82. The number of aromatic nitrogens is 1. The summed E-state index contributed by atoms with van der Waals surface area (Å²) in [5.74, 6) is -2.33. The summed E-state index contributed by atoms with van der Waals surface area (Å²) in [7, 11) is 1.81. The number of carbonyl (C=O) groups is 2. The Morgan fingerprint density at radius 3 is 2.57 bits per heavy atom. The van der Waals surface area contributed by atoms with Crippen LogP contribution in [0.1, 0.15) is 12.8 Å². The molecule has 8 heteroatoms. The predicted octanol–water partition coefficient (Wildman–Crippen LogP) is 1.45. The predicted molar refractivity (Wildman–Crippen MR) is 78.3 cm³/mol. The number of thiazole rings is 1. The molecule has 0 atom stereocenters. The topological polar surface area (TPSA) is 104 Å². The Bertz CT molecular complexity index is 788. The van der Waals surface area contributed by atoms with E-state index in [0.717, 1.165) is 10.2 Å². The third-order valence-corrected chi connectivity index (χ3v) is 3.90. The Hall–Kier alpha value is -2.48. The van der Waals surface area contributed by atoms with Crippen molar-refractivity contribution in [2.75, 3.05) is 0 Å². The van der Waals surface area contributed by atoms with Crippen molar-refractivity contribution in [3.05, 3.63) is 29.1 Å². The maximum Gasteiger partial charge on any atom is 0.352 e. The van der Waals surface area contributed by atoms with Gasteiger partial charge in [0.2, 0.25) is 4.80 Å². The zero-order valence-electron chi connectivity index (χ0n) is 11.2. The summed E-state index contributed by atoms with van der Waals surface area (Å²) in [6, 6.07) is 7.67. The second kappa shape index (κ2) is 6.31. The molecule has 2 N–H and O–H groups in total. The second-order valence-electron chi connectivity index (χ2n) is 4.26. The van der Waals surface area contributed by atoms with Crippen LogP contribution in [0.5, 0.6) is 0 Å². The molecule has 0 bridgehead atoms. The van der Waals surface area contributed by atoms with Crippen molar-refractivity contribution < 1.29 is 19.8 Å². The molecule has 0 radical (unpaired) electrons. The van der Waals surface area contributed by atoms with Gasteiger partial charge in [0.25, 0.3) is 0 Å². The summed E-state index contributed by atoms with van der Waals surface area (Å²) in [6.45, 7) is 0. The molecule has 0 spiro atoms. The van der Waals surface area contributed by atoms with E-state index >= 15 is 0 Å². The quantitative estimate of drug-likeness (QED) is 0.644. The number of hydrogen-bond acceptors (Lipinski definition) is 5. The van der Waals surface area contributed by atoms with E-state index in [2.05, 4.69) is 10.2 Å². The zero-order chi connectivity index (χ0) is 15.4. The first-order valence-corrected chi connectivity index (χ1v) is 6.91. The monoisotopic (exact) mass is 307 g/mol. The van der Waals surface area contributed by atoms with E-state index in [1.165, 1.54) is 11.3 Å². The fourth-order valence-electron chi connectivity index (χ4n) is 1.71. The van der Waals surface area contributed by atoms with Crippen LogP contribution in [0.3, 0.4) is 0 Å². The number of aliphatic carboxylic acids is 2. The summed E-state index contributed by atoms with van der Waals surface area (Å²) in [5, 5.41) is 25.2. The van der Waals surface area contributed by atoms with Gasteiger partial charge in [-0.15, -0.1) is 10.2 Å². The van der Waals surface area contributed by atoms with Crippen molar-refractivity contribution in [2.24, 2.45) is 17.3 Å². The highest BCUT2D eigenvalue weighted by molar-refractivity contribution is 7.16. The van der Waals surface area contributed by atoms with Crippen LogP contribution in [-0.4, -0.2) is 32.4 Å². The van der Waals surface area contributed by atoms with Crippen LogP contribution in [0, 0.1) is 0 Å². The van der Waals surface area contributed by atoms with E-state index in [1.54, 1.807) is 4.57 Å². The van der Waals surface area contributed by atoms with Gasteiger partial charge in [0, 0.05) is 13.5 Å². The van der Waals surface area contributed by atoms with Crippen LogP contribution in [0.4, 0.5) is 0 Å². The van der Waals surface area contributed by atoms with Gasteiger partial charge in [0.05, 0.1) is 16.6 Å². The van der Waals surface area contributed by atoms with Crippen LogP contribution in [0.2, 0.25) is 0 Å². The SMILES string of the molecule is Cn1/c(=N\N=C(/CCC(=O)O)C(=O)O)sc2ccccc21. The number of hydrogen-bond donors (Lipinski definition) is 2. The molecule has 0 aliphatic heterocycles. The highest BCUT2D eigenvalue weighted by Gasteiger charge is 2.11. The lowest BCUT2D eigenvalue weighted by Gasteiger charge is -1.96. The fourth-order valence-corrected chi connectivity index (χ4v) is 2.68. The molecule has 110 valence electrons. The normalized spacial score (nSPS) is 12.8. The summed E-state index contributed by atoms with van der Waals surface area (Å²) >= 11 is 1.38. The Balaban J connectivity index is 2.39. The number of nitrogens with zero attached hydrogens (tertiary/aromatic N) is 3. The molecule has 0 unspecified atom stereocenters. The number of aryl methyl sites for hydroxylation is 1. The Morgan fingerprint density at radius 2 is 1.95 bits per heavy atom. The van der Waals surface area contributed by atoms with Crippen LogP contribution in [0.15, 0.2) is 34.5 Å². The number of rotatable bonds is 5. The summed E-state index contributed by atoms with van der Waals surface area (Å²) in [6.07, 6.45) is -0.456. The molecule has 0 saturated carbocycles. The molecular formula is C13H13N3O4S. The fraction of sp³-hybridized carbons (Fsp3) is 0.231. The molecule has 7 nitrogen and oxygen atoms in total. The number of carboxylic acids is 2. The molecule has 0 aliphatic carbocycles. The lowest BCUT2D eigenvalue weighted by molar-refractivity contribution is -0.136. The van der Waals surface area contributed by atoms with Gasteiger partial charge in [0.15, 0.2) is 0 Å². The molecule has 1 aromatic carbocycles. The average molecular weight is 307 g/mol. The van der Waals surface area contributed by atoms with Gasteiger partial charge in [-0.2, -0.15) is 0 Å². The molecule has 2 aromatic rings. The van der Waals surface area contributed by atoms with E-state index in [9.17, 15) is 9.59 Å². The highest BCUT2D eigenvalue weighted by Crippen LogP contribution is 2.15. The van der Waals surface area contributed by atoms with E-state index in [4.69, 9.17) is 10.2 Å². The van der Waals surface area contributed by atoms with Crippen molar-refractivity contribution in [1.82, 2.24) is 4.57 Å². The van der Waals surface area contributed by atoms with E-state index < -0.39 is 11.9 Å². The number of benzene rings is 1. The first-order valence-electron chi connectivity index (χ1n) is 6.09. The van der Waals surface area contributed by atoms with Crippen LogP contribution < -0.4 is 4.80 Å². The largest absolute Gasteiger partial charge is 0.481 e. The molecule has 2 rings (SSSR count). The van der Waals surface area contributed by atoms with Crippen LogP contribution in [0.25, 0.3) is 10.2 Å². The lowest BCUT2D eigenvalue weighted by atomic mass is 10.2. The number of para-hydroxylation sites is 1. The molecule has 1 heterocycles. The smallest absolute Gasteiger partial charge is 0.352 e. The number of carboxylic acid groups (broad SMARTS) is 2. The van der Waals surface area contributed by atoms with Gasteiger partial charge >= 0.3 is 11.9 Å². The summed E-state index contributed by atoms with van der Waals surface area (Å²) in [5.41, 5.74) is 0.703. The van der Waals surface area contributed by atoms with Crippen molar-refractivity contribution in [2.45, 2.75) is 12.8 Å². The van der Waals surface area contributed by atoms with Crippen molar-refractivity contribution in [3.63, 3.8) is 0 Å². The minimum Gasteiger partial charge on any atom is -0.481 e. The Kier molecular flexibility index (Phi) is 4.49. The van der Waals surface area contributed by atoms with Crippen molar-refractivity contribution in [1.29, 1.82) is 0 Å². The zero-order valence-corrected chi connectivity index (χ0v) is 12.0. The van der Waals surface area contributed by atoms with E-state index in [-0.39, 0.29) is 18.6 Å². The van der Waals surface area contributed by atoms with Gasteiger partial charge in [0.1, 0.15) is 5.71 Å². The minimum absolute atomic E-state index is 0.164. The van der Waals surface area contributed by atoms with Gasteiger partial charge in [-0.05, 0) is 12.1 Å². The standard InChI is InChI=1S/C13H13N3O4S/c1-16-9-4-2-3-5-10(9)21-13(16)15-14-8(12(19)20)6-7-11(17)18/h2-5H,6-7H2,1H3,(H,17,18)(H,19,20)/b14-8+,15-13+. The summed E-state index contributed by atoms with van der Waals surface area (Å²) in [4.78, 5) is 22.0.